The lowest BCUT2D eigenvalue weighted by Crippen LogP contribution is -2.38. The molecule has 0 saturated carbocycles. The van der Waals surface area contributed by atoms with Crippen LogP contribution in [0.1, 0.15) is 24.2 Å². The molecule has 3 heterocycles. The summed E-state index contributed by atoms with van der Waals surface area (Å²) in [5, 5.41) is 0. The van der Waals surface area contributed by atoms with Crippen LogP contribution in [0.5, 0.6) is 0 Å². The largest absolute Gasteiger partial charge is 0.362 e. The summed E-state index contributed by atoms with van der Waals surface area (Å²) in [5.74, 6) is -1.38. The Hall–Kier alpha value is -2.27. The molecular formula is C17H15NO4. The average Bonchev–Trinajstić information content (AvgIpc) is 3.08. The van der Waals surface area contributed by atoms with Crippen molar-refractivity contribution in [3.05, 3.63) is 42.0 Å². The lowest BCUT2D eigenvalue weighted by Gasteiger charge is -2.24. The van der Waals surface area contributed by atoms with Crippen molar-refractivity contribution in [2.24, 2.45) is 11.8 Å². The number of anilines is 1. The Balaban J connectivity index is 1.71. The van der Waals surface area contributed by atoms with Crippen LogP contribution in [0.4, 0.5) is 5.69 Å². The molecule has 2 fully saturated rings. The molecule has 5 heteroatoms. The van der Waals surface area contributed by atoms with E-state index in [9.17, 15) is 14.4 Å². The number of carbonyl (C=O) groups is 3. The third-order valence-corrected chi connectivity index (χ3v) is 4.86. The summed E-state index contributed by atoms with van der Waals surface area (Å²) < 4.78 is 5.78. The van der Waals surface area contributed by atoms with Gasteiger partial charge in [0.1, 0.15) is 0 Å². The van der Waals surface area contributed by atoms with E-state index in [-0.39, 0.29) is 23.7 Å². The van der Waals surface area contributed by atoms with Crippen LogP contribution in [0, 0.1) is 11.8 Å². The first-order valence-electron chi connectivity index (χ1n) is 7.28. The van der Waals surface area contributed by atoms with Crippen LogP contribution in [-0.4, -0.2) is 29.3 Å². The van der Waals surface area contributed by atoms with Crippen LogP contribution in [0.25, 0.3) is 0 Å². The summed E-state index contributed by atoms with van der Waals surface area (Å²) in [4.78, 5) is 38.0. The lowest BCUT2D eigenvalue weighted by atomic mass is 9.78. The summed E-state index contributed by atoms with van der Waals surface area (Å²) >= 11 is 0. The second kappa shape index (κ2) is 4.14. The fraction of sp³-hybridized carbons (Fsp3) is 0.353. The van der Waals surface area contributed by atoms with E-state index in [4.69, 9.17) is 4.74 Å². The van der Waals surface area contributed by atoms with Crippen molar-refractivity contribution in [1.29, 1.82) is 0 Å². The fourth-order valence-electron chi connectivity index (χ4n) is 3.75. The van der Waals surface area contributed by atoms with Gasteiger partial charge >= 0.3 is 0 Å². The molecule has 0 spiro atoms. The van der Waals surface area contributed by atoms with E-state index in [1.165, 1.54) is 11.8 Å². The minimum atomic E-state index is -0.684. The van der Waals surface area contributed by atoms with Crippen molar-refractivity contribution < 1.29 is 19.1 Å². The van der Waals surface area contributed by atoms with Gasteiger partial charge in [-0.05, 0) is 38.1 Å². The van der Waals surface area contributed by atoms with Crippen molar-refractivity contribution in [2.45, 2.75) is 25.6 Å². The Morgan fingerprint density at radius 3 is 2.45 bits per heavy atom. The van der Waals surface area contributed by atoms with Crippen LogP contribution in [0.3, 0.4) is 0 Å². The first-order chi connectivity index (χ1) is 10.4. The number of imide groups is 1. The molecule has 0 aliphatic carbocycles. The second-order valence-corrected chi connectivity index (χ2v) is 6.24. The number of benzene rings is 1. The number of rotatable bonds is 2. The number of ketones is 1. The zero-order chi connectivity index (χ0) is 15.6. The Kier molecular flexibility index (Phi) is 2.52. The standard InChI is InChI=1S/C17H15NO4/c1-9(19)10-3-5-11(6-4-10)18-15(20)13-12-7-8-17(2,22-12)14(13)16(18)21/h3-8,12-14H,1-2H3/t12-,13-,14+,17+/m1/s1. The van der Waals surface area contributed by atoms with Gasteiger partial charge in [0, 0.05) is 5.56 Å². The van der Waals surface area contributed by atoms with Crippen LogP contribution in [0.15, 0.2) is 36.4 Å². The van der Waals surface area contributed by atoms with Crippen molar-refractivity contribution >= 4 is 23.3 Å². The summed E-state index contributed by atoms with van der Waals surface area (Å²) in [6, 6.07) is 6.56. The number of carbonyl (C=O) groups excluding carboxylic acids is 3. The predicted octanol–water partition coefficient (Wildman–Crippen LogP) is 1.72. The first kappa shape index (κ1) is 13.4. The monoisotopic (exact) mass is 297 g/mol. The average molecular weight is 297 g/mol. The van der Waals surface area contributed by atoms with Crippen LogP contribution in [-0.2, 0) is 14.3 Å². The first-order valence-corrected chi connectivity index (χ1v) is 7.28. The van der Waals surface area contributed by atoms with Crippen molar-refractivity contribution in [1.82, 2.24) is 0 Å². The van der Waals surface area contributed by atoms with Crippen LogP contribution < -0.4 is 4.90 Å². The Labute approximate surface area is 127 Å². The molecule has 0 radical (unpaired) electrons. The van der Waals surface area contributed by atoms with Gasteiger partial charge in [-0.3, -0.25) is 14.4 Å². The highest BCUT2D eigenvalue weighted by Gasteiger charge is 2.65. The van der Waals surface area contributed by atoms with Gasteiger partial charge in [0.15, 0.2) is 5.78 Å². The molecule has 0 aromatic heterocycles. The third kappa shape index (κ3) is 1.54. The van der Waals surface area contributed by atoms with Crippen molar-refractivity contribution in [2.75, 3.05) is 4.90 Å². The number of Topliss-reactive ketones (excluding diaryl/α,β-unsaturated/α-hetero) is 1. The molecule has 2 bridgehead atoms. The van der Waals surface area contributed by atoms with Gasteiger partial charge in [0.2, 0.25) is 11.8 Å². The van der Waals surface area contributed by atoms with Crippen molar-refractivity contribution in [3.63, 3.8) is 0 Å². The molecule has 5 nitrogen and oxygen atoms in total. The van der Waals surface area contributed by atoms with E-state index in [2.05, 4.69) is 0 Å². The summed E-state index contributed by atoms with van der Waals surface area (Å²) in [7, 11) is 0. The minimum Gasteiger partial charge on any atom is -0.362 e. The van der Waals surface area contributed by atoms with E-state index >= 15 is 0 Å². The summed E-state index contributed by atoms with van der Waals surface area (Å²) in [6.45, 7) is 3.33. The smallest absolute Gasteiger partial charge is 0.241 e. The minimum absolute atomic E-state index is 0.0503. The zero-order valence-corrected chi connectivity index (χ0v) is 12.3. The Bertz CT molecular complexity index is 736. The highest BCUT2D eigenvalue weighted by molar-refractivity contribution is 6.23. The third-order valence-electron chi connectivity index (χ3n) is 4.86. The number of nitrogens with zero attached hydrogens (tertiary/aromatic N) is 1. The molecule has 4 rings (SSSR count). The normalized spacial score (nSPS) is 35.4. The maximum Gasteiger partial charge on any atom is 0.241 e. The zero-order valence-electron chi connectivity index (χ0n) is 12.3. The quantitative estimate of drug-likeness (QED) is 0.474. The number of fused-ring (bicyclic) bond motifs is 5. The van der Waals surface area contributed by atoms with Gasteiger partial charge in [-0.1, -0.05) is 12.2 Å². The fourth-order valence-corrected chi connectivity index (χ4v) is 3.75. The SMILES string of the molecule is CC(=O)c1ccc(N2C(=O)[C@H]3[C@@H](C2=O)[C@]2(C)C=C[C@H]3O2)cc1. The van der Waals surface area contributed by atoms with Gasteiger partial charge < -0.3 is 4.74 Å². The highest BCUT2D eigenvalue weighted by atomic mass is 16.5. The van der Waals surface area contributed by atoms with Gasteiger partial charge in [0.05, 0.1) is 29.2 Å². The maximum atomic E-state index is 12.7. The maximum absolute atomic E-state index is 12.7. The number of hydrogen-bond donors (Lipinski definition) is 0. The molecule has 22 heavy (non-hydrogen) atoms. The summed E-state index contributed by atoms with van der Waals surface area (Å²) in [6.07, 6.45) is 3.44. The molecule has 1 aromatic rings. The Morgan fingerprint density at radius 1 is 1.18 bits per heavy atom. The second-order valence-electron chi connectivity index (χ2n) is 6.24. The molecule has 112 valence electrons. The summed E-state index contributed by atoms with van der Waals surface area (Å²) in [5.41, 5.74) is 0.383. The van der Waals surface area contributed by atoms with Gasteiger partial charge in [-0.25, -0.2) is 4.90 Å². The number of hydrogen-bond acceptors (Lipinski definition) is 4. The van der Waals surface area contributed by atoms with Gasteiger partial charge in [-0.2, -0.15) is 0 Å². The Morgan fingerprint density at radius 2 is 1.86 bits per heavy atom. The van der Waals surface area contributed by atoms with Gasteiger partial charge in [-0.15, -0.1) is 0 Å². The van der Waals surface area contributed by atoms with Crippen molar-refractivity contribution in [3.8, 4) is 0 Å². The molecule has 3 aliphatic rings. The molecule has 2 amide bonds. The van der Waals surface area contributed by atoms with Crippen LogP contribution >= 0.6 is 0 Å². The van der Waals surface area contributed by atoms with E-state index in [0.717, 1.165) is 0 Å². The lowest BCUT2D eigenvalue weighted by molar-refractivity contribution is -0.126. The number of ether oxygens (including phenoxy) is 1. The molecule has 0 unspecified atom stereocenters. The molecule has 3 aliphatic heterocycles. The predicted molar refractivity (Wildman–Crippen MR) is 78.3 cm³/mol. The van der Waals surface area contributed by atoms with E-state index in [0.29, 0.717) is 11.3 Å². The van der Waals surface area contributed by atoms with E-state index < -0.39 is 17.4 Å². The highest BCUT2D eigenvalue weighted by Crippen LogP contribution is 2.52. The van der Waals surface area contributed by atoms with Crippen LogP contribution in [0.2, 0.25) is 0 Å². The number of amides is 2. The molecule has 2 saturated heterocycles. The molecule has 0 N–H and O–H groups in total. The van der Waals surface area contributed by atoms with E-state index in [1.54, 1.807) is 24.3 Å². The molecule has 4 atom stereocenters. The topological polar surface area (TPSA) is 63.7 Å². The van der Waals surface area contributed by atoms with E-state index in [1.807, 2.05) is 19.1 Å². The molecule has 1 aromatic carbocycles. The van der Waals surface area contributed by atoms with Gasteiger partial charge in [0.25, 0.3) is 0 Å². The molecular weight excluding hydrogens is 282 g/mol.